The summed E-state index contributed by atoms with van der Waals surface area (Å²) in [6, 6.07) is -0.930. The molecule has 7 atom stereocenters. The van der Waals surface area contributed by atoms with E-state index in [4.69, 9.17) is 4.74 Å². The van der Waals surface area contributed by atoms with E-state index in [9.17, 15) is 24.3 Å². The highest BCUT2D eigenvalue weighted by Crippen LogP contribution is 2.65. The largest absolute Gasteiger partial charge is 0.480 e. The predicted octanol–water partition coefficient (Wildman–Crippen LogP) is 4.53. The molecule has 3 saturated carbocycles. The third-order valence-corrected chi connectivity index (χ3v) is 10.6. The molecule has 3 fully saturated rings. The zero-order valence-corrected chi connectivity index (χ0v) is 22.7. The van der Waals surface area contributed by atoms with Crippen LogP contribution in [0, 0.1) is 28.6 Å². The minimum Gasteiger partial charge on any atom is -0.480 e. The van der Waals surface area contributed by atoms with E-state index in [1.165, 1.54) is 17.3 Å². The molecule has 0 unspecified atom stereocenters. The Kier molecular flexibility index (Phi) is 8.22. The minimum atomic E-state index is -1.06. The van der Waals surface area contributed by atoms with Crippen LogP contribution in [0.15, 0.2) is 11.6 Å². The minimum absolute atomic E-state index is 0.0374. The molecule has 7 nitrogen and oxygen atoms in total. The summed E-state index contributed by atoms with van der Waals surface area (Å²) in [5.41, 5.74) is 1.44. The van der Waals surface area contributed by atoms with Gasteiger partial charge in [0, 0.05) is 18.3 Å². The zero-order chi connectivity index (χ0) is 26.1. The Balaban J connectivity index is 1.32. The van der Waals surface area contributed by atoms with Gasteiger partial charge in [0.1, 0.15) is 12.1 Å². The maximum atomic E-state index is 12.7. The van der Waals surface area contributed by atoms with E-state index < -0.39 is 17.9 Å². The summed E-state index contributed by atoms with van der Waals surface area (Å²) in [7, 11) is 0. The van der Waals surface area contributed by atoms with Crippen molar-refractivity contribution < 1.29 is 29.0 Å². The van der Waals surface area contributed by atoms with Crippen LogP contribution in [0.25, 0.3) is 0 Å². The third-order valence-electron chi connectivity index (χ3n) is 9.95. The van der Waals surface area contributed by atoms with Gasteiger partial charge in [-0.05, 0) is 92.6 Å². The van der Waals surface area contributed by atoms with Gasteiger partial charge in [-0.15, -0.1) is 0 Å². The van der Waals surface area contributed by atoms with Crippen LogP contribution in [0.1, 0.15) is 84.5 Å². The van der Waals surface area contributed by atoms with Crippen molar-refractivity contribution in [2.75, 3.05) is 12.0 Å². The number of carboxylic acids is 1. The second-order valence-electron chi connectivity index (χ2n) is 11.8. The summed E-state index contributed by atoms with van der Waals surface area (Å²) in [5.74, 6) is 0.765. The Hall–Kier alpha value is -1.83. The monoisotopic (exact) mass is 519 g/mol. The highest BCUT2D eigenvalue weighted by atomic mass is 32.2. The average molecular weight is 520 g/mol. The molecule has 200 valence electrons. The summed E-state index contributed by atoms with van der Waals surface area (Å²) < 4.78 is 5.98. The summed E-state index contributed by atoms with van der Waals surface area (Å²) >= 11 is 1.53. The van der Waals surface area contributed by atoms with Gasteiger partial charge in [0.2, 0.25) is 5.91 Å². The molecule has 8 heteroatoms. The van der Waals surface area contributed by atoms with Crippen molar-refractivity contribution in [2.24, 2.45) is 28.6 Å². The second kappa shape index (κ2) is 10.9. The van der Waals surface area contributed by atoms with Crippen LogP contribution < -0.4 is 5.32 Å². The molecule has 0 saturated heterocycles. The number of ketones is 1. The SMILES string of the molecule is CSCC[C@H](NC(=O)CCC(=O)O[C@@H]1CC[C@@H]2[C@H]3CCC4=CC(=O)CC[C@]4(C)[C@H]3CC[C@@]21C)C(=O)O. The van der Waals surface area contributed by atoms with Gasteiger partial charge >= 0.3 is 11.9 Å². The predicted molar refractivity (Wildman–Crippen MR) is 138 cm³/mol. The van der Waals surface area contributed by atoms with E-state index in [1.807, 2.05) is 12.3 Å². The normalized spacial score (nSPS) is 36.1. The number of amides is 1. The van der Waals surface area contributed by atoms with E-state index in [1.54, 1.807) is 0 Å². The highest BCUT2D eigenvalue weighted by molar-refractivity contribution is 7.98. The van der Waals surface area contributed by atoms with Crippen molar-refractivity contribution in [3.8, 4) is 0 Å². The quantitative estimate of drug-likeness (QED) is 0.431. The number of ether oxygens (including phenoxy) is 1. The van der Waals surface area contributed by atoms with Crippen LogP contribution in [0.2, 0.25) is 0 Å². The number of aliphatic carboxylic acids is 1. The summed E-state index contributed by atoms with van der Waals surface area (Å²) in [6.07, 6.45) is 11.7. The lowest BCUT2D eigenvalue weighted by Gasteiger charge is -2.57. The van der Waals surface area contributed by atoms with Gasteiger partial charge in [-0.25, -0.2) is 4.79 Å². The number of esters is 1. The topological polar surface area (TPSA) is 110 Å². The van der Waals surface area contributed by atoms with Crippen molar-refractivity contribution >= 4 is 35.4 Å². The van der Waals surface area contributed by atoms with Crippen LogP contribution in [0.3, 0.4) is 0 Å². The summed E-state index contributed by atoms with van der Waals surface area (Å²) in [6.45, 7) is 4.66. The van der Waals surface area contributed by atoms with Crippen LogP contribution in [0.4, 0.5) is 0 Å². The molecule has 0 aromatic heterocycles. The molecule has 1 amide bonds. The van der Waals surface area contributed by atoms with E-state index >= 15 is 0 Å². The number of nitrogens with one attached hydrogen (secondary N) is 1. The molecular formula is C28H41NO6S. The zero-order valence-electron chi connectivity index (χ0n) is 21.8. The highest BCUT2D eigenvalue weighted by Gasteiger charge is 2.59. The molecule has 4 aliphatic carbocycles. The number of hydrogen-bond acceptors (Lipinski definition) is 6. The summed E-state index contributed by atoms with van der Waals surface area (Å²) in [4.78, 5) is 48.4. The molecule has 0 aromatic carbocycles. The first kappa shape index (κ1) is 27.2. The molecule has 2 N–H and O–H groups in total. The number of carbonyl (C=O) groups excluding carboxylic acids is 3. The van der Waals surface area contributed by atoms with Crippen molar-refractivity contribution in [3.05, 3.63) is 11.6 Å². The fraction of sp³-hybridized carbons (Fsp3) is 0.786. The van der Waals surface area contributed by atoms with E-state index in [2.05, 4.69) is 19.2 Å². The molecule has 0 aromatic rings. The number of allylic oxidation sites excluding steroid dienone is 1. The third kappa shape index (κ3) is 5.25. The first-order valence-corrected chi connectivity index (χ1v) is 14.9. The molecule has 0 heterocycles. The lowest BCUT2D eigenvalue weighted by molar-refractivity contribution is -0.160. The molecule has 4 aliphatic rings. The van der Waals surface area contributed by atoms with Crippen molar-refractivity contribution in [2.45, 2.75) is 96.6 Å². The average Bonchev–Trinajstić information content (AvgIpc) is 3.16. The van der Waals surface area contributed by atoms with Crippen LogP contribution in [0.5, 0.6) is 0 Å². The number of hydrogen-bond donors (Lipinski definition) is 2. The number of carbonyl (C=O) groups is 4. The van der Waals surface area contributed by atoms with Crippen molar-refractivity contribution in [3.63, 3.8) is 0 Å². The van der Waals surface area contributed by atoms with Crippen LogP contribution in [-0.2, 0) is 23.9 Å². The Morgan fingerprint density at radius 2 is 1.89 bits per heavy atom. The van der Waals surface area contributed by atoms with E-state index in [0.29, 0.717) is 36.3 Å². The maximum absolute atomic E-state index is 12.7. The Bertz CT molecular complexity index is 933. The standard InChI is InChI=1S/C28H41NO6S/c1-27-13-10-18(30)16-17(27)4-5-19-20-6-7-23(28(20,2)14-11-21(19)27)35-25(32)9-8-24(31)29-22(26(33)34)12-15-36-3/h16,19-23H,4-15H2,1-3H3,(H,29,31)(H,33,34)/t19-,20-,21+,22+,23-,27+,28+/m1/s1. The fourth-order valence-corrected chi connectivity index (χ4v) is 8.37. The Labute approximate surface area is 218 Å². The number of thioether (sulfide) groups is 1. The van der Waals surface area contributed by atoms with Gasteiger partial charge < -0.3 is 15.2 Å². The smallest absolute Gasteiger partial charge is 0.326 e. The number of rotatable bonds is 9. The second-order valence-corrected chi connectivity index (χ2v) is 12.8. The van der Waals surface area contributed by atoms with E-state index in [0.717, 1.165) is 44.9 Å². The molecule has 0 bridgehead atoms. The van der Waals surface area contributed by atoms with Crippen LogP contribution in [-0.4, -0.2) is 52.9 Å². The van der Waals surface area contributed by atoms with Gasteiger partial charge in [-0.3, -0.25) is 14.4 Å². The molecule has 0 spiro atoms. The van der Waals surface area contributed by atoms with Crippen molar-refractivity contribution in [1.82, 2.24) is 5.32 Å². The molecular weight excluding hydrogens is 478 g/mol. The van der Waals surface area contributed by atoms with Gasteiger partial charge in [-0.1, -0.05) is 19.4 Å². The molecule has 0 aliphatic heterocycles. The molecule has 0 radical (unpaired) electrons. The van der Waals surface area contributed by atoms with E-state index in [-0.39, 0.29) is 41.5 Å². The Morgan fingerprint density at radius 3 is 2.61 bits per heavy atom. The lowest BCUT2D eigenvalue weighted by atomic mass is 9.47. The molecule has 36 heavy (non-hydrogen) atoms. The van der Waals surface area contributed by atoms with Gasteiger partial charge in [-0.2, -0.15) is 11.8 Å². The van der Waals surface area contributed by atoms with Gasteiger partial charge in [0.05, 0.1) is 6.42 Å². The first-order chi connectivity index (χ1) is 17.1. The summed E-state index contributed by atoms with van der Waals surface area (Å²) in [5, 5.41) is 11.8. The number of fused-ring (bicyclic) bond motifs is 5. The lowest BCUT2D eigenvalue weighted by Crippen LogP contribution is -2.51. The maximum Gasteiger partial charge on any atom is 0.326 e. The Morgan fingerprint density at radius 1 is 1.11 bits per heavy atom. The number of carboxylic acid groups (broad SMARTS) is 1. The van der Waals surface area contributed by atoms with Gasteiger partial charge in [0.15, 0.2) is 5.78 Å². The fourth-order valence-electron chi connectivity index (χ4n) is 7.90. The molecule has 4 rings (SSSR count). The van der Waals surface area contributed by atoms with Crippen LogP contribution >= 0.6 is 11.8 Å². The first-order valence-electron chi connectivity index (χ1n) is 13.5. The van der Waals surface area contributed by atoms with Crippen molar-refractivity contribution in [1.29, 1.82) is 0 Å². The van der Waals surface area contributed by atoms with Gasteiger partial charge in [0.25, 0.3) is 0 Å².